The predicted molar refractivity (Wildman–Crippen MR) is 57.4 cm³/mol. The van der Waals surface area contributed by atoms with Crippen LogP contribution in [0.1, 0.15) is 5.56 Å². The maximum Gasteiger partial charge on any atom is 0.125 e. The molecule has 0 atom stereocenters. The van der Waals surface area contributed by atoms with Gasteiger partial charge in [-0.05, 0) is 12.1 Å². The molecule has 1 aromatic carbocycles. The molecule has 1 saturated heterocycles. The molecule has 14 heavy (non-hydrogen) atoms. The first-order valence-electron chi connectivity index (χ1n) is 4.36. The van der Waals surface area contributed by atoms with E-state index in [1.165, 1.54) is 0 Å². The van der Waals surface area contributed by atoms with Crippen molar-refractivity contribution in [2.45, 2.75) is 5.54 Å². The summed E-state index contributed by atoms with van der Waals surface area (Å²) in [6.07, 6.45) is 0. The van der Waals surface area contributed by atoms with Gasteiger partial charge in [0.2, 0.25) is 0 Å². The zero-order valence-corrected chi connectivity index (χ0v) is 9.50. The van der Waals surface area contributed by atoms with E-state index >= 15 is 0 Å². The third-order valence-electron chi connectivity index (χ3n) is 2.42. The number of hydrogen-bond donors (Lipinski definition) is 1. The Morgan fingerprint density at radius 1 is 1.50 bits per heavy atom. The summed E-state index contributed by atoms with van der Waals surface area (Å²) < 4.78 is 11.4. The fourth-order valence-corrected chi connectivity index (χ4v) is 1.89. The van der Waals surface area contributed by atoms with Crippen LogP contribution in [0, 0.1) is 0 Å². The smallest absolute Gasteiger partial charge is 0.125 e. The second-order valence-corrected chi connectivity index (χ2v) is 4.41. The standard InChI is InChI=1S/C10H12BrNO2/c1-13-9-4-7(11)2-3-8(9)10(12)5-14-6-10/h2-4H,5-6,12H2,1H3. The van der Waals surface area contributed by atoms with E-state index in [-0.39, 0.29) is 5.54 Å². The van der Waals surface area contributed by atoms with Gasteiger partial charge >= 0.3 is 0 Å². The molecule has 76 valence electrons. The molecule has 0 unspecified atom stereocenters. The molecule has 0 spiro atoms. The van der Waals surface area contributed by atoms with Gasteiger partial charge in [0, 0.05) is 10.0 Å². The maximum atomic E-state index is 6.13. The van der Waals surface area contributed by atoms with Crippen molar-refractivity contribution in [3.8, 4) is 5.75 Å². The van der Waals surface area contributed by atoms with Crippen molar-refractivity contribution in [3.05, 3.63) is 28.2 Å². The zero-order chi connectivity index (χ0) is 10.2. The molecule has 3 nitrogen and oxygen atoms in total. The van der Waals surface area contributed by atoms with E-state index in [1.54, 1.807) is 7.11 Å². The van der Waals surface area contributed by atoms with Gasteiger partial charge in [-0.3, -0.25) is 0 Å². The molecule has 1 aromatic rings. The first-order chi connectivity index (χ1) is 6.65. The Labute approximate surface area is 91.3 Å². The van der Waals surface area contributed by atoms with Crippen LogP contribution in [0.3, 0.4) is 0 Å². The van der Waals surface area contributed by atoms with Gasteiger partial charge in [0.25, 0.3) is 0 Å². The number of methoxy groups -OCH3 is 1. The summed E-state index contributed by atoms with van der Waals surface area (Å²) in [6, 6.07) is 5.86. The fraction of sp³-hybridized carbons (Fsp3) is 0.400. The maximum absolute atomic E-state index is 6.13. The monoisotopic (exact) mass is 257 g/mol. The van der Waals surface area contributed by atoms with Gasteiger partial charge < -0.3 is 15.2 Å². The van der Waals surface area contributed by atoms with Crippen LogP contribution in [0.15, 0.2) is 22.7 Å². The normalized spacial score (nSPS) is 18.8. The molecule has 1 aliphatic rings. The molecule has 1 heterocycles. The Balaban J connectivity index is 2.41. The molecule has 0 bridgehead atoms. The van der Waals surface area contributed by atoms with E-state index < -0.39 is 0 Å². The molecule has 0 saturated carbocycles. The van der Waals surface area contributed by atoms with Crippen molar-refractivity contribution in [3.63, 3.8) is 0 Å². The predicted octanol–water partition coefficient (Wildman–Crippen LogP) is 1.64. The van der Waals surface area contributed by atoms with Crippen molar-refractivity contribution < 1.29 is 9.47 Å². The Morgan fingerprint density at radius 3 is 2.71 bits per heavy atom. The average Bonchev–Trinajstić information content (AvgIpc) is 2.14. The number of nitrogens with two attached hydrogens (primary N) is 1. The summed E-state index contributed by atoms with van der Waals surface area (Å²) >= 11 is 3.39. The number of ether oxygens (including phenoxy) is 2. The van der Waals surface area contributed by atoms with E-state index in [9.17, 15) is 0 Å². The van der Waals surface area contributed by atoms with E-state index in [1.807, 2.05) is 18.2 Å². The summed E-state index contributed by atoms with van der Waals surface area (Å²) in [5.41, 5.74) is 6.77. The van der Waals surface area contributed by atoms with E-state index in [0.717, 1.165) is 15.8 Å². The number of benzene rings is 1. The van der Waals surface area contributed by atoms with Gasteiger partial charge in [0.1, 0.15) is 5.75 Å². The summed E-state index contributed by atoms with van der Waals surface area (Å²) in [6.45, 7) is 1.12. The van der Waals surface area contributed by atoms with Crippen LogP contribution >= 0.6 is 15.9 Å². The first kappa shape index (κ1) is 9.96. The fourth-order valence-electron chi connectivity index (χ4n) is 1.55. The Bertz CT molecular complexity index is 350. The summed E-state index contributed by atoms with van der Waals surface area (Å²) in [5.74, 6) is 0.810. The lowest BCUT2D eigenvalue weighted by Gasteiger charge is -2.38. The molecule has 4 heteroatoms. The van der Waals surface area contributed by atoms with E-state index in [4.69, 9.17) is 15.2 Å². The Morgan fingerprint density at radius 2 is 2.21 bits per heavy atom. The minimum atomic E-state index is -0.369. The Kier molecular flexibility index (Phi) is 2.51. The van der Waals surface area contributed by atoms with Crippen molar-refractivity contribution in [2.75, 3.05) is 20.3 Å². The first-order valence-corrected chi connectivity index (χ1v) is 5.16. The molecule has 0 aliphatic carbocycles. The largest absolute Gasteiger partial charge is 0.496 e. The summed E-state index contributed by atoms with van der Waals surface area (Å²) in [5, 5.41) is 0. The molecular formula is C10H12BrNO2. The van der Waals surface area contributed by atoms with Gasteiger partial charge in [0.15, 0.2) is 0 Å². The van der Waals surface area contributed by atoms with Gasteiger partial charge in [-0.25, -0.2) is 0 Å². The summed E-state index contributed by atoms with van der Waals surface area (Å²) in [4.78, 5) is 0. The van der Waals surface area contributed by atoms with Crippen LogP contribution < -0.4 is 10.5 Å². The van der Waals surface area contributed by atoms with Crippen molar-refractivity contribution in [2.24, 2.45) is 5.73 Å². The topological polar surface area (TPSA) is 44.5 Å². The van der Waals surface area contributed by atoms with Crippen molar-refractivity contribution in [1.29, 1.82) is 0 Å². The molecule has 1 aliphatic heterocycles. The summed E-state index contributed by atoms with van der Waals surface area (Å²) in [7, 11) is 1.65. The van der Waals surface area contributed by atoms with Gasteiger partial charge in [-0.1, -0.05) is 22.0 Å². The lowest BCUT2D eigenvalue weighted by molar-refractivity contribution is -0.0578. The number of rotatable bonds is 2. The van der Waals surface area contributed by atoms with E-state index in [2.05, 4.69) is 15.9 Å². The van der Waals surface area contributed by atoms with Crippen LogP contribution in [0.2, 0.25) is 0 Å². The van der Waals surface area contributed by atoms with Gasteiger partial charge in [-0.15, -0.1) is 0 Å². The third kappa shape index (κ3) is 1.54. The van der Waals surface area contributed by atoms with E-state index in [0.29, 0.717) is 13.2 Å². The lowest BCUT2D eigenvalue weighted by atomic mass is 9.88. The molecule has 0 aromatic heterocycles. The van der Waals surface area contributed by atoms with Gasteiger partial charge in [-0.2, -0.15) is 0 Å². The van der Waals surface area contributed by atoms with Crippen LogP contribution in [0.25, 0.3) is 0 Å². The average molecular weight is 258 g/mol. The highest BCUT2D eigenvalue weighted by Crippen LogP contribution is 2.35. The highest BCUT2D eigenvalue weighted by molar-refractivity contribution is 9.10. The highest BCUT2D eigenvalue weighted by Gasteiger charge is 2.38. The molecule has 1 fully saturated rings. The van der Waals surface area contributed by atoms with Crippen molar-refractivity contribution in [1.82, 2.24) is 0 Å². The Hall–Kier alpha value is -0.580. The number of hydrogen-bond acceptors (Lipinski definition) is 3. The van der Waals surface area contributed by atoms with Crippen LogP contribution in [0.5, 0.6) is 5.75 Å². The SMILES string of the molecule is COc1cc(Br)ccc1C1(N)COC1. The second-order valence-electron chi connectivity index (χ2n) is 3.49. The molecule has 2 rings (SSSR count). The second kappa shape index (κ2) is 3.53. The van der Waals surface area contributed by atoms with Crippen LogP contribution in [-0.2, 0) is 10.3 Å². The zero-order valence-electron chi connectivity index (χ0n) is 7.92. The highest BCUT2D eigenvalue weighted by atomic mass is 79.9. The van der Waals surface area contributed by atoms with Crippen LogP contribution in [-0.4, -0.2) is 20.3 Å². The van der Waals surface area contributed by atoms with Crippen molar-refractivity contribution >= 4 is 15.9 Å². The van der Waals surface area contributed by atoms with Gasteiger partial charge in [0.05, 0.1) is 25.9 Å². The number of halogens is 1. The minimum Gasteiger partial charge on any atom is -0.496 e. The van der Waals surface area contributed by atoms with Crippen LogP contribution in [0.4, 0.5) is 0 Å². The minimum absolute atomic E-state index is 0.369. The molecule has 0 amide bonds. The molecule has 2 N–H and O–H groups in total. The molecular weight excluding hydrogens is 246 g/mol. The lowest BCUT2D eigenvalue weighted by Crippen LogP contribution is -2.54. The molecule has 0 radical (unpaired) electrons. The quantitative estimate of drug-likeness (QED) is 0.877. The third-order valence-corrected chi connectivity index (χ3v) is 2.91.